The highest BCUT2D eigenvalue weighted by molar-refractivity contribution is 9.10. The minimum Gasteiger partial charge on any atom is -0.324 e. The van der Waals surface area contributed by atoms with Gasteiger partial charge in [0.25, 0.3) is 0 Å². The molecule has 3 nitrogen and oxygen atoms in total. The van der Waals surface area contributed by atoms with Gasteiger partial charge in [-0.05, 0) is 39.2 Å². The SMILES string of the molecule is CC1(C)C2CN(C(=O)Nc3cc(F)c(F)cc3Br)CC21. The van der Waals surface area contributed by atoms with E-state index in [-0.39, 0.29) is 11.7 Å². The molecule has 1 N–H and O–H groups in total. The van der Waals surface area contributed by atoms with Crippen molar-refractivity contribution in [3.63, 3.8) is 0 Å². The lowest BCUT2D eigenvalue weighted by Gasteiger charge is -2.22. The van der Waals surface area contributed by atoms with Crippen LogP contribution < -0.4 is 5.32 Å². The molecule has 2 unspecified atom stereocenters. The van der Waals surface area contributed by atoms with Crippen molar-refractivity contribution < 1.29 is 13.6 Å². The molecule has 20 heavy (non-hydrogen) atoms. The number of anilines is 1. The maximum Gasteiger partial charge on any atom is 0.321 e. The smallest absolute Gasteiger partial charge is 0.321 e. The Bertz CT molecular complexity index is 577. The predicted molar refractivity (Wildman–Crippen MR) is 75.4 cm³/mol. The third-order valence-electron chi connectivity index (χ3n) is 4.66. The third-order valence-corrected chi connectivity index (χ3v) is 5.32. The van der Waals surface area contributed by atoms with Crippen LogP contribution in [0.5, 0.6) is 0 Å². The van der Waals surface area contributed by atoms with Gasteiger partial charge in [-0.2, -0.15) is 0 Å². The van der Waals surface area contributed by atoms with E-state index in [1.807, 2.05) is 0 Å². The minimum atomic E-state index is -0.978. The summed E-state index contributed by atoms with van der Waals surface area (Å²) < 4.78 is 26.5. The first-order valence-electron chi connectivity index (χ1n) is 6.51. The normalized spacial score (nSPS) is 26.4. The molecule has 1 aliphatic heterocycles. The molecule has 3 rings (SSSR count). The largest absolute Gasteiger partial charge is 0.324 e. The quantitative estimate of drug-likeness (QED) is 0.771. The van der Waals surface area contributed by atoms with Crippen LogP contribution in [-0.4, -0.2) is 24.0 Å². The van der Waals surface area contributed by atoms with E-state index in [9.17, 15) is 13.6 Å². The molecule has 0 bridgehead atoms. The van der Waals surface area contributed by atoms with Gasteiger partial charge in [-0.1, -0.05) is 13.8 Å². The number of benzene rings is 1. The lowest BCUT2D eigenvalue weighted by Crippen LogP contribution is -2.36. The second kappa shape index (κ2) is 4.41. The highest BCUT2D eigenvalue weighted by atomic mass is 79.9. The number of halogens is 3. The molecule has 0 spiro atoms. The van der Waals surface area contributed by atoms with Crippen molar-refractivity contribution in [3.8, 4) is 0 Å². The number of hydrogen-bond acceptors (Lipinski definition) is 1. The summed E-state index contributed by atoms with van der Waals surface area (Å²) in [7, 11) is 0. The average Bonchev–Trinajstić information content (AvgIpc) is 2.78. The van der Waals surface area contributed by atoms with Crippen molar-refractivity contribution in [2.45, 2.75) is 13.8 Å². The topological polar surface area (TPSA) is 32.3 Å². The van der Waals surface area contributed by atoms with Crippen LogP contribution in [0.1, 0.15) is 13.8 Å². The van der Waals surface area contributed by atoms with Crippen molar-refractivity contribution in [2.24, 2.45) is 17.3 Å². The van der Waals surface area contributed by atoms with Gasteiger partial charge >= 0.3 is 6.03 Å². The summed E-state index contributed by atoms with van der Waals surface area (Å²) in [5, 5.41) is 2.62. The fraction of sp³-hybridized carbons (Fsp3) is 0.500. The van der Waals surface area contributed by atoms with Crippen molar-refractivity contribution in [3.05, 3.63) is 28.2 Å². The summed E-state index contributed by atoms with van der Waals surface area (Å²) in [6.07, 6.45) is 0. The highest BCUT2D eigenvalue weighted by Gasteiger charge is 2.62. The predicted octanol–water partition coefficient (Wildman–Crippen LogP) is 3.85. The minimum absolute atomic E-state index is 0.244. The molecule has 1 aliphatic carbocycles. The van der Waals surface area contributed by atoms with Gasteiger partial charge in [-0.3, -0.25) is 0 Å². The molecule has 1 aromatic carbocycles. The number of fused-ring (bicyclic) bond motifs is 1. The Kier molecular flexibility index (Phi) is 3.04. The fourth-order valence-corrected chi connectivity index (χ4v) is 3.52. The monoisotopic (exact) mass is 344 g/mol. The molecule has 6 heteroatoms. The number of hydrogen-bond donors (Lipinski definition) is 1. The van der Waals surface area contributed by atoms with Crippen LogP contribution in [0.4, 0.5) is 19.3 Å². The van der Waals surface area contributed by atoms with Gasteiger partial charge in [0.1, 0.15) is 0 Å². The zero-order valence-corrected chi connectivity index (χ0v) is 12.8. The standard InChI is InChI=1S/C14H15BrF2N2O/c1-14(2)7-5-19(6-8(7)14)13(20)18-12-4-11(17)10(16)3-9(12)15/h3-4,7-8H,5-6H2,1-2H3,(H,18,20). The molecule has 1 saturated heterocycles. The first-order valence-corrected chi connectivity index (χ1v) is 7.30. The lowest BCUT2D eigenvalue weighted by molar-refractivity contribution is 0.209. The highest BCUT2D eigenvalue weighted by Crippen LogP contribution is 2.61. The third kappa shape index (κ3) is 2.10. The number of amides is 2. The second-order valence-electron chi connectivity index (χ2n) is 6.12. The van der Waals surface area contributed by atoms with Gasteiger partial charge in [0.15, 0.2) is 11.6 Å². The molecule has 2 atom stereocenters. The van der Waals surface area contributed by atoms with Crippen LogP contribution in [0.2, 0.25) is 0 Å². The molecule has 2 amide bonds. The van der Waals surface area contributed by atoms with Crippen LogP contribution >= 0.6 is 15.9 Å². The van der Waals surface area contributed by atoms with Crippen LogP contribution in [0.3, 0.4) is 0 Å². The van der Waals surface area contributed by atoms with E-state index < -0.39 is 11.6 Å². The van der Waals surface area contributed by atoms with Crippen molar-refractivity contribution in [1.29, 1.82) is 0 Å². The molecule has 2 aliphatic rings. The number of likely N-dealkylation sites (tertiary alicyclic amines) is 1. The van der Waals surface area contributed by atoms with Crippen molar-refractivity contribution >= 4 is 27.6 Å². The molecule has 2 fully saturated rings. The van der Waals surface area contributed by atoms with Gasteiger partial charge < -0.3 is 10.2 Å². The first-order chi connectivity index (χ1) is 9.30. The van der Waals surface area contributed by atoms with Crippen LogP contribution in [0, 0.1) is 28.9 Å². The Morgan fingerprint density at radius 2 is 1.85 bits per heavy atom. The Morgan fingerprint density at radius 1 is 1.30 bits per heavy atom. The van der Waals surface area contributed by atoms with E-state index in [2.05, 4.69) is 35.1 Å². The van der Waals surface area contributed by atoms with E-state index in [4.69, 9.17) is 0 Å². The summed E-state index contributed by atoms with van der Waals surface area (Å²) >= 11 is 3.12. The molecule has 1 heterocycles. The van der Waals surface area contributed by atoms with Crippen LogP contribution in [-0.2, 0) is 0 Å². The van der Waals surface area contributed by atoms with E-state index >= 15 is 0 Å². The summed E-state index contributed by atoms with van der Waals surface area (Å²) in [6, 6.07) is 1.73. The molecule has 1 aromatic rings. The fourth-order valence-electron chi connectivity index (χ4n) is 3.11. The summed E-state index contributed by atoms with van der Waals surface area (Å²) in [5.74, 6) is -0.809. The molecule has 0 radical (unpaired) electrons. The van der Waals surface area contributed by atoms with E-state index in [0.717, 1.165) is 25.2 Å². The molecule has 108 valence electrons. The molecule has 1 saturated carbocycles. The van der Waals surface area contributed by atoms with Crippen LogP contribution in [0.25, 0.3) is 0 Å². The number of piperidine rings is 1. The number of urea groups is 1. The molecular formula is C14H15BrF2N2O. The van der Waals surface area contributed by atoms with E-state index in [1.165, 1.54) is 0 Å². The zero-order chi connectivity index (χ0) is 14.7. The van der Waals surface area contributed by atoms with E-state index in [1.54, 1.807) is 4.90 Å². The summed E-state index contributed by atoms with van der Waals surface area (Å²) in [4.78, 5) is 13.8. The Balaban J connectivity index is 1.68. The Morgan fingerprint density at radius 3 is 2.45 bits per heavy atom. The van der Waals surface area contributed by atoms with Gasteiger partial charge in [-0.25, -0.2) is 13.6 Å². The van der Waals surface area contributed by atoms with Crippen molar-refractivity contribution in [2.75, 3.05) is 18.4 Å². The molecule has 0 aromatic heterocycles. The Hall–Kier alpha value is -1.17. The lowest BCUT2D eigenvalue weighted by atomic mass is 10.1. The van der Waals surface area contributed by atoms with E-state index in [0.29, 0.717) is 21.7 Å². The number of nitrogens with one attached hydrogen (secondary N) is 1. The average molecular weight is 345 g/mol. The van der Waals surface area contributed by atoms with Gasteiger partial charge in [0, 0.05) is 23.6 Å². The van der Waals surface area contributed by atoms with Crippen LogP contribution in [0.15, 0.2) is 16.6 Å². The van der Waals surface area contributed by atoms with Crippen molar-refractivity contribution in [1.82, 2.24) is 4.90 Å². The number of nitrogens with zero attached hydrogens (tertiary/aromatic N) is 1. The maximum absolute atomic E-state index is 13.2. The summed E-state index contributed by atoms with van der Waals surface area (Å²) in [5.41, 5.74) is 0.577. The molecular weight excluding hydrogens is 330 g/mol. The van der Waals surface area contributed by atoms with Gasteiger partial charge in [0.2, 0.25) is 0 Å². The van der Waals surface area contributed by atoms with Gasteiger partial charge in [0.05, 0.1) is 5.69 Å². The maximum atomic E-state index is 13.2. The first kappa shape index (κ1) is 13.8. The number of carbonyl (C=O) groups is 1. The number of carbonyl (C=O) groups excluding carboxylic acids is 1. The second-order valence-corrected chi connectivity index (χ2v) is 6.97. The van der Waals surface area contributed by atoms with Gasteiger partial charge in [-0.15, -0.1) is 0 Å². The zero-order valence-electron chi connectivity index (χ0n) is 11.2. The Labute approximate surface area is 124 Å². The number of rotatable bonds is 1. The summed E-state index contributed by atoms with van der Waals surface area (Å²) in [6.45, 7) is 5.88.